The predicted octanol–water partition coefficient (Wildman–Crippen LogP) is 4.70. The average Bonchev–Trinajstić information content (AvgIpc) is 3.05. The van der Waals surface area contributed by atoms with Gasteiger partial charge in [-0.2, -0.15) is 0 Å². The van der Waals surface area contributed by atoms with Crippen molar-refractivity contribution in [1.29, 1.82) is 0 Å². The average molecular weight is 450 g/mol. The Morgan fingerprint density at radius 3 is 2.41 bits per heavy atom. The zero-order valence-electron chi connectivity index (χ0n) is 15.3. The molecule has 29 heavy (non-hydrogen) atoms. The number of rotatable bonds is 5. The van der Waals surface area contributed by atoms with Gasteiger partial charge in [-0.25, -0.2) is 0 Å². The van der Waals surface area contributed by atoms with Crippen LogP contribution in [0, 0.1) is 6.92 Å². The number of thiophene rings is 1. The molecule has 0 bridgehead atoms. The van der Waals surface area contributed by atoms with E-state index < -0.39 is 11.8 Å². The first-order valence-electron chi connectivity index (χ1n) is 8.68. The highest BCUT2D eigenvalue weighted by Gasteiger charge is 2.17. The van der Waals surface area contributed by atoms with Crippen molar-refractivity contribution in [2.45, 2.75) is 19.8 Å². The van der Waals surface area contributed by atoms with Crippen LogP contribution in [0.3, 0.4) is 0 Å². The van der Waals surface area contributed by atoms with Crippen molar-refractivity contribution < 1.29 is 14.4 Å². The van der Waals surface area contributed by atoms with Crippen LogP contribution in [0.15, 0.2) is 42.5 Å². The van der Waals surface area contributed by atoms with E-state index in [4.69, 9.17) is 23.2 Å². The van der Waals surface area contributed by atoms with Crippen LogP contribution >= 0.6 is 34.5 Å². The maximum absolute atomic E-state index is 12.3. The van der Waals surface area contributed by atoms with Crippen molar-refractivity contribution in [3.63, 3.8) is 0 Å². The van der Waals surface area contributed by atoms with Crippen molar-refractivity contribution in [3.05, 3.63) is 63.0 Å². The standard InChI is InChI=1S/C20H17Cl2N3O3S/c1-11-13(21)6-4-7-14(11)23-16(26)9-10-17(27)24-25-20(28)19-18(22)12-5-2-3-8-15(12)29-19/h2-8H,9-10H2,1H3,(H,23,26)(H,24,27)(H,25,28). The second kappa shape index (κ2) is 9.26. The number of carbonyl (C=O) groups is 3. The Hall–Kier alpha value is -2.61. The number of fused-ring (bicyclic) bond motifs is 1. The number of hydrazine groups is 1. The van der Waals surface area contributed by atoms with Gasteiger partial charge < -0.3 is 5.32 Å². The molecule has 3 amide bonds. The highest BCUT2D eigenvalue weighted by molar-refractivity contribution is 7.21. The van der Waals surface area contributed by atoms with Crippen molar-refractivity contribution in [2.75, 3.05) is 5.32 Å². The van der Waals surface area contributed by atoms with E-state index in [0.29, 0.717) is 20.6 Å². The van der Waals surface area contributed by atoms with Gasteiger partial charge in [-0.05, 0) is 30.7 Å². The first-order chi connectivity index (χ1) is 13.9. The van der Waals surface area contributed by atoms with E-state index in [1.807, 2.05) is 24.3 Å². The van der Waals surface area contributed by atoms with Gasteiger partial charge in [-0.3, -0.25) is 25.2 Å². The molecule has 6 nitrogen and oxygen atoms in total. The Balaban J connectivity index is 1.49. The van der Waals surface area contributed by atoms with Gasteiger partial charge in [0.05, 0.1) is 5.02 Å². The summed E-state index contributed by atoms with van der Waals surface area (Å²) in [5.41, 5.74) is 5.97. The second-order valence-corrected chi connectivity index (χ2v) is 8.04. The number of halogens is 2. The maximum atomic E-state index is 12.3. The summed E-state index contributed by atoms with van der Waals surface area (Å²) < 4.78 is 0.877. The summed E-state index contributed by atoms with van der Waals surface area (Å²) in [4.78, 5) is 36.6. The second-order valence-electron chi connectivity index (χ2n) is 6.20. The SMILES string of the molecule is Cc1c(Cl)cccc1NC(=O)CCC(=O)NNC(=O)c1sc2ccccc2c1Cl. The van der Waals surface area contributed by atoms with Gasteiger partial charge >= 0.3 is 0 Å². The number of hydrogen-bond donors (Lipinski definition) is 3. The lowest BCUT2D eigenvalue weighted by molar-refractivity contribution is -0.124. The number of benzene rings is 2. The van der Waals surface area contributed by atoms with E-state index in [-0.39, 0.29) is 18.7 Å². The van der Waals surface area contributed by atoms with Gasteiger partial charge in [0.2, 0.25) is 11.8 Å². The molecular formula is C20H17Cl2N3O3S. The Morgan fingerprint density at radius 2 is 1.66 bits per heavy atom. The molecule has 1 aromatic heterocycles. The lowest BCUT2D eigenvalue weighted by atomic mass is 10.2. The van der Waals surface area contributed by atoms with Gasteiger partial charge in [0, 0.05) is 33.6 Å². The number of anilines is 1. The molecule has 9 heteroatoms. The van der Waals surface area contributed by atoms with E-state index in [1.165, 1.54) is 11.3 Å². The largest absolute Gasteiger partial charge is 0.326 e. The van der Waals surface area contributed by atoms with Crippen LogP contribution in [0.4, 0.5) is 5.69 Å². The highest BCUT2D eigenvalue weighted by Crippen LogP contribution is 2.34. The molecule has 0 spiro atoms. The predicted molar refractivity (Wildman–Crippen MR) is 116 cm³/mol. The molecule has 0 aliphatic rings. The molecule has 3 rings (SSSR count). The normalized spacial score (nSPS) is 10.6. The number of carbonyl (C=O) groups excluding carboxylic acids is 3. The Labute approximate surface area is 181 Å². The van der Waals surface area contributed by atoms with Crippen LogP contribution < -0.4 is 16.2 Å². The van der Waals surface area contributed by atoms with Gasteiger partial charge in [0.25, 0.3) is 5.91 Å². The fourth-order valence-electron chi connectivity index (χ4n) is 2.59. The molecule has 1 heterocycles. The summed E-state index contributed by atoms with van der Waals surface area (Å²) in [5, 5.41) is 4.38. The Bertz CT molecular complexity index is 1100. The molecule has 0 saturated carbocycles. The molecule has 3 N–H and O–H groups in total. The minimum Gasteiger partial charge on any atom is -0.326 e. The molecule has 0 aliphatic heterocycles. The van der Waals surface area contributed by atoms with Crippen LogP contribution in [-0.4, -0.2) is 17.7 Å². The quantitative estimate of drug-likeness (QED) is 0.493. The van der Waals surface area contributed by atoms with Crippen molar-refractivity contribution >= 4 is 68.0 Å². The molecule has 0 unspecified atom stereocenters. The first-order valence-corrected chi connectivity index (χ1v) is 10.2. The minimum absolute atomic E-state index is 0.0443. The summed E-state index contributed by atoms with van der Waals surface area (Å²) >= 11 is 13.5. The highest BCUT2D eigenvalue weighted by atomic mass is 35.5. The van der Waals surface area contributed by atoms with Crippen LogP contribution in [-0.2, 0) is 9.59 Å². The zero-order valence-corrected chi connectivity index (χ0v) is 17.7. The minimum atomic E-state index is -0.511. The van der Waals surface area contributed by atoms with Gasteiger partial charge in [0.1, 0.15) is 4.88 Å². The third-order valence-electron chi connectivity index (χ3n) is 4.18. The van der Waals surface area contributed by atoms with Crippen LogP contribution in [0.2, 0.25) is 10.0 Å². The van der Waals surface area contributed by atoms with Gasteiger partial charge in [-0.15, -0.1) is 11.3 Å². The molecule has 150 valence electrons. The van der Waals surface area contributed by atoms with Crippen LogP contribution in [0.5, 0.6) is 0 Å². The summed E-state index contributed by atoms with van der Waals surface area (Å²) in [7, 11) is 0. The third-order valence-corrected chi connectivity index (χ3v) is 6.26. The van der Waals surface area contributed by atoms with Crippen molar-refractivity contribution in [1.82, 2.24) is 10.9 Å². The fraction of sp³-hybridized carbons (Fsp3) is 0.150. The number of nitrogens with one attached hydrogen (secondary N) is 3. The summed E-state index contributed by atoms with van der Waals surface area (Å²) in [6.45, 7) is 1.79. The third kappa shape index (κ3) is 5.06. The van der Waals surface area contributed by atoms with Crippen molar-refractivity contribution in [2.24, 2.45) is 0 Å². The summed E-state index contributed by atoms with van der Waals surface area (Å²) in [6.07, 6.45) is -0.136. The van der Waals surface area contributed by atoms with Crippen LogP contribution in [0.25, 0.3) is 10.1 Å². The molecule has 0 radical (unpaired) electrons. The molecule has 0 fully saturated rings. The lowest BCUT2D eigenvalue weighted by Gasteiger charge is -2.10. The Kier molecular flexibility index (Phi) is 6.74. The Morgan fingerprint density at radius 1 is 0.931 bits per heavy atom. The van der Waals surface area contributed by atoms with E-state index in [9.17, 15) is 14.4 Å². The van der Waals surface area contributed by atoms with E-state index in [2.05, 4.69) is 16.2 Å². The molecule has 0 saturated heterocycles. The number of hydrogen-bond acceptors (Lipinski definition) is 4. The molecule has 0 atom stereocenters. The van der Waals surface area contributed by atoms with E-state index >= 15 is 0 Å². The maximum Gasteiger partial charge on any atom is 0.281 e. The topological polar surface area (TPSA) is 87.3 Å². The first kappa shape index (κ1) is 21.1. The molecule has 3 aromatic rings. The fourth-order valence-corrected chi connectivity index (χ4v) is 4.18. The summed E-state index contributed by atoms with van der Waals surface area (Å²) in [6, 6.07) is 12.6. The molecular weight excluding hydrogens is 433 g/mol. The van der Waals surface area contributed by atoms with Gasteiger partial charge in [-0.1, -0.05) is 47.5 Å². The zero-order chi connectivity index (χ0) is 21.0. The molecule has 0 aliphatic carbocycles. The van der Waals surface area contributed by atoms with E-state index in [1.54, 1.807) is 25.1 Å². The smallest absolute Gasteiger partial charge is 0.281 e. The monoisotopic (exact) mass is 449 g/mol. The lowest BCUT2D eigenvalue weighted by Crippen LogP contribution is -2.41. The number of amides is 3. The summed E-state index contributed by atoms with van der Waals surface area (Å²) in [5.74, 6) is -1.33. The van der Waals surface area contributed by atoms with Crippen molar-refractivity contribution in [3.8, 4) is 0 Å². The van der Waals surface area contributed by atoms with E-state index in [0.717, 1.165) is 15.6 Å². The van der Waals surface area contributed by atoms with Gasteiger partial charge in [0.15, 0.2) is 0 Å². The molecule has 2 aromatic carbocycles. The van der Waals surface area contributed by atoms with Crippen LogP contribution in [0.1, 0.15) is 28.1 Å².